The molecule has 164 valence electrons. The van der Waals surface area contributed by atoms with Gasteiger partial charge in [-0.25, -0.2) is 4.39 Å². The molecule has 0 amide bonds. The molecule has 0 unspecified atom stereocenters. The van der Waals surface area contributed by atoms with E-state index < -0.39 is 11.4 Å². The summed E-state index contributed by atoms with van der Waals surface area (Å²) in [4.78, 5) is 11.7. The van der Waals surface area contributed by atoms with Gasteiger partial charge in [0.15, 0.2) is 11.6 Å². The van der Waals surface area contributed by atoms with E-state index in [0.717, 1.165) is 16.7 Å². The van der Waals surface area contributed by atoms with E-state index in [0.29, 0.717) is 34.1 Å². The van der Waals surface area contributed by atoms with E-state index in [9.17, 15) is 4.79 Å². The van der Waals surface area contributed by atoms with Crippen LogP contribution in [0.2, 0.25) is 0 Å². The van der Waals surface area contributed by atoms with Crippen LogP contribution in [0.5, 0.6) is 5.75 Å². The Bertz CT molecular complexity index is 1400. The van der Waals surface area contributed by atoms with Crippen molar-refractivity contribution < 1.29 is 13.9 Å². The second-order valence-electron chi connectivity index (χ2n) is 8.70. The Balaban J connectivity index is 1.82. The Morgan fingerprint density at radius 1 is 1.25 bits per heavy atom. The van der Waals surface area contributed by atoms with Gasteiger partial charge in [0.1, 0.15) is 23.1 Å². The van der Waals surface area contributed by atoms with Crippen molar-refractivity contribution in [3.63, 3.8) is 0 Å². The van der Waals surface area contributed by atoms with Crippen molar-refractivity contribution >= 4 is 22.4 Å². The van der Waals surface area contributed by atoms with Crippen LogP contribution in [-0.2, 0) is 16.9 Å². The maximum Gasteiger partial charge on any atom is 0.162 e. The van der Waals surface area contributed by atoms with Crippen LogP contribution in [0.15, 0.2) is 36.5 Å². The summed E-state index contributed by atoms with van der Waals surface area (Å²) in [5.41, 5.74) is 2.68. The third-order valence-electron chi connectivity index (χ3n) is 5.94. The van der Waals surface area contributed by atoms with Crippen molar-refractivity contribution in [1.82, 2.24) is 19.3 Å². The van der Waals surface area contributed by atoms with E-state index >= 15 is 4.39 Å². The quantitative estimate of drug-likeness (QED) is 0.509. The zero-order valence-electron chi connectivity index (χ0n) is 18.7. The molecule has 0 atom stereocenters. The fourth-order valence-corrected chi connectivity index (χ4v) is 4.63. The van der Waals surface area contributed by atoms with Gasteiger partial charge in [0, 0.05) is 23.2 Å². The first-order valence-corrected chi connectivity index (χ1v) is 10.4. The predicted molar refractivity (Wildman–Crippen MR) is 121 cm³/mol. The monoisotopic (exact) mass is 433 g/mol. The molecule has 32 heavy (non-hydrogen) atoms. The molecule has 0 radical (unpaired) electrons. The molecule has 0 bridgehead atoms. The second-order valence-corrected chi connectivity index (χ2v) is 8.70. The SMILES string of the molecule is COc1c(-c2cccc3c2ccn3CC(C)=O)c(F)cc2c1-n1c(C)nnc1C(C)(C)N2. The summed E-state index contributed by atoms with van der Waals surface area (Å²) in [6.07, 6.45) is 1.85. The number of nitrogens with one attached hydrogen (secondary N) is 1. The number of hydrogen-bond acceptors (Lipinski definition) is 5. The number of carbonyl (C=O) groups excluding carboxylic acids is 1. The lowest BCUT2D eigenvalue weighted by molar-refractivity contribution is -0.117. The summed E-state index contributed by atoms with van der Waals surface area (Å²) in [5, 5.41) is 12.8. The topological polar surface area (TPSA) is 74.0 Å². The third kappa shape index (κ3) is 2.82. The number of aromatic nitrogens is 4. The summed E-state index contributed by atoms with van der Waals surface area (Å²) in [6.45, 7) is 7.64. The van der Waals surface area contributed by atoms with Crippen molar-refractivity contribution in [2.75, 3.05) is 12.4 Å². The number of ether oxygens (including phenoxy) is 1. The molecule has 5 rings (SSSR count). The lowest BCUT2D eigenvalue weighted by Crippen LogP contribution is -2.36. The summed E-state index contributed by atoms with van der Waals surface area (Å²) in [6, 6.07) is 9.07. The molecule has 0 fully saturated rings. The molecule has 7 nitrogen and oxygen atoms in total. The van der Waals surface area contributed by atoms with Gasteiger partial charge in [-0.05, 0) is 45.4 Å². The van der Waals surface area contributed by atoms with E-state index in [1.807, 2.05) is 60.4 Å². The van der Waals surface area contributed by atoms with E-state index in [2.05, 4.69) is 15.5 Å². The van der Waals surface area contributed by atoms with Gasteiger partial charge in [-0.3, -0.25) is 9.36 Å². The highest BCUT2D eigenvalue weighted by atomic mass is 19.1. The first-order chi connectivity index (χ1) is 15.2. The van der Waals surface area contributed by atoms with Crippen LogP contribution in [0, 0.1) is 12.7 Å². The Morgan fingerprint density at radius 3 is 2.75 bits per heavy atom. The molecule has 0 saturated heterocycles. The molecule has 8 heteroatoms. The lowest BCUT2D eigenvalue weighted by Gasteiger charge is -2.35. The molecule has 4 aromatic rings. The number of Topliss-reactive ketones (excluding diaryl/α,β-unsaturated/α-hetero) is 1. The van der Waals surface area contributed by atoms with Gasteiger partial charge in [-0.1, -0.05) is 12.1 Å². The molecule has 1 aliphatic rings. The highest BCUT2D eigenvalue weighted by molar-refractivity contribution is 5.99. The Morgan fingerprint density at radius 2 is 2.03 bits per heavy atom. The van der Waals surface area contributed by atoms with Crippen LogP contribution < -0.4 is 10.1 Å². The number of benzene rings is 2. The van der Waals surface area contributed by atoms with Crippen molar-refractivity contribution in [3.05, 3.63) is 54.0 Å². The molecule has 0 spiro atoms. The van der Waals surface area contributed by atoms with Crippen molar-refractivity contribution in [2.24, 2.45) is 0 Å². The molecule has 3 heterocycles. The van der Waals surface area contributed by atoms with Gasteiger partial charge in [-0.2, -0.15) is 0 Å². The van der Waals surface area contributed by atoms with Gasteiger partial charge in [-0.15, -0.1) is 10.2 Å². The minimum Gasteiger partial charge on any atom is -0.494 e. The lowest BCUT2D eigenvalue weighted by atomic mass is 9.95. The van der Waals surface area contributed by atoms with Gasteiger partial charge >= 0.3 is 0 Å². The van der Waals surface area contributed by atoms with Crippen LogP contribution in [0.1, 0.15) is 32.4 Å². The number of halogens is 1. The Labute approximate surface area is 184 Å². The van der Waals surface area contributed by atoms with E-state index in [1.165, 1.54) is 6.07 Å². The number of anilines is 1. The molecular weight excluding hydrogens is 409 g/mol. The average molecular weight is 433 g/mol. The number of aryl methyl sites for hydroxylation is 1. The zero-order valence-corrected chi connectivity index (χ0v) is 18.7. The number of carbonyl (C=O) groups is 1. The number of ketones is 1. The predicted octanol–water partition coefficient (Wildman–Crippen LogP) is 4.59. The zero-order chi connectivity index (χ0) is 22.8. The third-order valence-corrected chi connectivity index (χ3v) is 5.94. The van der Waals surface area contributed by atoms with E-state index in [1.54, 1.807) is 14.0 Å². The first kappa shape index (κ1) is 20.2. The molecule has 1 N–H and O–H groups in total. The van der Waals surface area contributed by atoms with Crippen LogP contribution in [-0.4, -0.2) is 32.2 Å². The Hall–Kier alpha value is -3.68. The fraction of sp³-hybridized carbons (Fsp3) is 0.292. The maximum atomic E-state index is 15.7. The number of nitrogens with zero attached hydrogens (tertiary/aromatic N) is 4. The number of fused-ring (bicyclic) bond motifs is 4. The van der Waals surface area contributed by atoms with Crippen LogP contribution in [0.4, 0.5) is 10.1 Å². The molecule has 0 aliphatic carbocycles. The van der Waals surface area contributed by atoms with Crippen molar-refractivity contribution in [3.8, 4) is 22.6 Å². The number of rotatable bonds is 4. The molecule has 0 saturated carbocycles. The minimum atomic E-state index is -0.531. The summed E-state index contributed by atoms with van der Waals surface area (Å²) in [5.74, 6) is 1.47. The second kappa shape index (κ2) is 6.91. The highest BCUT2D eigenvalue weighted by Crippen LogP contribution is 2.48. The molecular formula is C24H24FN5O2. The van der Waals surface area contributed by atoms with Gasteiger partial charge < -0.3 is 14.6 Å². The molecule has 2 aromatic heterocycles. The minimum absolute atomic E-state index is 0.0507. The Kier molecular flexibility index (Phi) is 4.37. The van der Waals surface area contributed by atoms with E-state index in [-0.39, 0.29) is 12.3 Å². The molecule has 1 aliphatic heterocycles. The van der Waals surface area contributed by atoms with Gasteiger partial charge in [0.25, 0.3) is 0 Å². The normalized spacial score (nSPS) is 14.1. The van der Waals surface area contributed by atoms with Crippen molar-refractivity contribution in [1.29, 1.82) is 0 Å². The molecule has 2 aromatic carbocycles. The van der Waals surface area contributed by atoms with E-state index in [4.69, 9.17) is 4.74 Å². The van der Waals surface area contributed by atoms with Crippen LogP contribution in [0.25, 0.3) is 27.7 Å². The largest absolute Gasteiger partial charge is 0.494 e. The maximum absolute atomic E-state index is 15.7. The first-order valence-electron chi connectivity index (χ1n) is 10.4. The standard InChI is InChI=1S/C24H24FN5O2/c1-13(31)12-29-10-9-15-16(7-6-8-19(15)29)20-17(25)11-18-21(22(20)32-5)30-14(2)27-28-23(30)24(3,4)26-18/h6-11,26H,12H2,1-5H3. The fourth-order valence-electron chi connectivity index (χ4n) is 4.63. The van der Waals surface area contributed by atoms with Crippen molar-refractivity contribution in [2.45, 2.75) is 39.8 Å². The number of methoxy groups -OCH3 is 1. The summed E-state index contributed by atoms with van der Waals surface area (Å²) >= 11 is 0. The average Bonchev–Trinajstić information content (AvgIpc) is 3.31. The summed E-state index contributed by atoms with van der Waals surface area (Å²) < 4.78 is 25.3. The van der Waals surface area contributed by atoms with Crippen LogP contribution >= 0.6 is 0 Å². The highest BCUT2D eigenvalue weighted by Gasteiger charge is 2.37. The summed E-state index contributed by atoms with van der Waals surface area (Å²) in [7, 11) is 1.54. The van der Waals surface area contributed by atoms with Gasteiger partial charge in [0.05, 0.1) is 30.4 Å². The smallest absolute Gasteiger partial charge is 0.162 e. The number of hydrogen-bond donors (Lipinski definition) is 1. The van der Waals surface area contributed by atoms with Crippen LogP contribution in [0.3, 0.4) is 0 Å². The van der Waals surface area contributed by atoms with Gasteiger partial charge in [0.2, 0.25) is 0 Å².